The first-order valence-electron chi connectivity index (χ1n) is 5.13. The van der Waals surface area contributed by atoms with Crippen LogP contribution in [-0.2, 0) is 0 Å². The summed E-state index contributed by atoms with van der Waals surface area (Å²) in [5.74, 6) is 1.53. The Hall–Kier alpha value is -1.24. The molecule has 0 saturated heterocycles. The van der Waals surface area contributed by atoms with Crippen LogP contribution in [0.1, 0.15) is 26.3 Å². The van der Waals surface area contributed by atoms with Gasteiger partial charge in [0, 0.05) is 0 Å². The van der Waals surface area contributed by atoms with Crippen molar-refractivity contribution in [2.75, 3.05) is 6.61 Å². The van der Waals surface area contributed by atoms with Crippen LogP contribution in [0.2, 0.25) is 0 Å². The summed E-state index contributed by atoms with van der Waals surface area (Å²) >= 11 is 0. The first kappa shape index (κ1) is 10.8. The molecule has 0 fully saturated rings. The molecule has 1 heteroatoms. The summed E-state index contributed by atoms with van der Waals surface area (Å²) < 4.78 is 5.42. The van der Waals surface area contributed by atoms with Gasteiger partial charge in [0.1, 0.15) is 5.75 Å². The van der Waals surface area contributed by atoms with Gasteiger partial charge in [-0.3, -0.25) is 0 Å². The molecule has 0 bridgehead atoms. The Morgan fingerprint density at radius 1 is 1.36 bits per heavy atom. The van der Waals surface area contributed by atoms with E-state index in [9.17, 15) is 0 Å². The minimum Gasteiger partial charge on any atom is -0.494 e. The molecule has 1 aromatic rings. The van der Waals surface area contributed by atoms with Crippen molar-refractivity contribution in [2.24, 2.45) is 5.92 Å². The molecule has 0 aliphatic rings. The van der Waals surface area contributed by atoms with E-state index in [-0.39, 0.29) is 0 Å². The van der Waals surface area contributed by atoms with Gasteiger partial charge in [-0.1, -0.05) is 38.1 Å². The summed E-state index contributed by atoms with van der Waals surface area (Å²) in [6, 6.07) is 8.14. The summed E-state index contributed by atoms with van der Waals surface area (Å²) in [4.78, 5) is 0. The lowest BCUT2D eigenvalue weighted by Crippen LogP contribution is -1.90. The summed E-state index contributed by atoms with van der Waals surface area (Å²) in [6.45, 7) is 7.06. The van der Waals surface area contributed by atoms with Gasteiger partial charge in [-0.2, -0.15) is 0 Å². The lowest BCUT2D eigenvalue weighted by atomic mass is 10.1. The van der Waals surface area contributed by atoms with E-state index in [1.165, 1.54) is 5.56 Å². The van der Waals surface area contributed by atoms with E-state index < -0.39 is 0 Å². The number of allylic oxidation sites excluding steroid dienone is 1. The molecule has 0 heterocycles. The minimum absolute atomic E-state index is 0.589. The Balaban J connectivity index is 2.73. The van der Waals surface area contributed by atoms with Crippen molar-refractivity contribution in [1.82, 2.24) is 0 Å². The topological polar surface area (TPSA) is 9.23 Å². The fourth-order valence-corrected chi connectivity index (χ4v) is 1.18. The van der Waals surface area contributed by atoms with Crippen molar-refractivity contribution in [1.29, 1.82) is 0 Å². The second kappa shape index (κ2) is 5.48. The van der Waals surface area contributed by atoms with Crippen LogP contribution in [0.15, 0.2) is 30.3 Å². The van der Waals surface area contributed by atoms with E-state index >= 15 is 0 Å². The molecule has 0 spiro atoms. The molecule has 1 nitrogen and oxygen atoms in total. The number of rotatable bonds is 4. The van der Waals surface area contributed by atoms with Crippen LogP contribution < -0.4 is 4.74 Å². The van der Waals surface area contributed by atoms with Crippen molar-refractivity contribution >= 4 is 6.08 Å². The molecule has 1 rings (SSSR count). The Morgan fingerprint density at radius 3 is 2.79 bits per heavy atom. The van der Waals surface area contributed by atoms with Gasteiger partial charge >= 0.3 is 0 Å². The molecule has 0 aromatic heterocycles. The van der Waals surface area contributed by atoms with Crippen LogP contribution >= 0.6 is 0 Å². The quantitative estimate of drug-likeness (QED) is 0.702. The van der Waals surface area contributed by atoms with Crippen molar-refractivity contribution in [3.8, 4) is 5.75 Å². The van der Waals surface area contributed by atoms with Crippen molar-refractivity contribution < 1.29 is 4.74 Å². The van der Waals surface area contributed by atoms with E-state index in [0.29, 0.717) is 5.92 Å². The SMILES string of the molecule is CCOc1cccc(C=CC(C)C)c1. The van der Waals surface area contributed by atoms with Gasteiger partial charge in [-0.05, 0) is 30.5 Å². The van der Waals surface area contributed by atoms with Gasteiger partial charge in [0.15, 0.2) is 0 Å². The molecule has 0 saturated carbocycles. The third-order valence-electron chi connectivity index (χ3n) is 1.84. The first-order chi connectivity index (χ1) is 6.72. The molecule has 76 valence electrons. The fraction of sp³-hybridized carbons (Fsp3) is 0.385. The number of ether oxygens (including phenoxy) is 1. The lowest BCUT2D eigenvalue weighted by Gasteiger charge is -2.03. The van der Waals surface area contributed by atoms with Gasteiger partial charge < -0.3 is 4.74 Å². The molecule has 0 N–H and O–H groups in total. The maximum Gasteiger partial charge on any atom is 0.119 e. The third-order valence-corrected chi connectivity index (χ3v) is 1.84. The van der Waals surface area contributed by atoms with E-state index in [1.54, 1.807) is 0 Å². The average molecular weight is 190 g/mol. The number of hydrogen-bond donors (Lipinski definition) is 0. The number of benzene rings is 1. The van der Waals surface area contributed by atoms with E-state index in [0.717, 1.165) is 12.4 Å². The van der Waals surface area contributed by atoms with Gasteiger partial charge in [0.2, 0.25) is 0 Å². The van der Waals surface area contributed by atoms with Crippen LogP contribution in [0.5, 0.6) is 5.75 Å². The zero-order valence-electron chi connectivity index (χ0n) is 9.16. The van der Waals surface area contributed by atoms with Crippen LogP contribution in [0.4, 0.5) is 0 Å². The average Bonchev–Trinajstić information content (AvgIpc) is 2.16. The fourth-order valence-electron chi connectivity index (χ4n) is 1.18. The first-order valence-corrected chi connectivity index (χ1v) is 5.13. The molecule has 14 heavy (non-hydrogen) atoms. The van der Waals surface area contributed by atoms with Gasteiger partial charge in [0.05, 0.1) is 6.61 Å². The predicted octanol–water partition coefficient (Wildman–Crippen LogP) is 3.75. The second-order valence-electron chi connectivity index (χ2n) is 3.61. The van der Waals surface area contributed by atoms with Crippen LogP contribution in [0, 0.1) is 5.92 Å². The predicted molar refractivity (Wildman–Crippen MR) is 61.5 cm³/mol. The number of hydrogen-bond acceptors (Lipinski definition) is 1. The highest BCUT2D eigenvalue weighted by molar-refractivity contribution is 5.51. The molecular formula is C13H18O. The van der Waals surface area contributed by atoms with E-state index in [1.807, 2.05) is 19.1 Å². The maximum atomic E-state index is 5.42. The molecule has 1 aromatic carbocycles. The van der Waals surface area contributed by atoms with Crippen LogP contribution in [-0.4, -0.2) is 6.61 Å². The molecule has 0 aliphatic heterocycles. The van der Waals surface area contributed by atoms with Crippen molar-refractivity contribution in [3.05, 3.63) is 35.9 Å². The molecule has 0 aliphatic carbocycles. The monoisotopic (exact) mass is 190 g/mol. The minimum atomic E-state index is 0.589. The summed E-state index contributed by atoms with van der Waals surface area (Å²) in [6.07, 6.45) is 4.32. The Morgan fingerprint density at radius 2 is 2.14 bits per heavy atom. The standard InChI is InChI=1S/C13H18O/c1-4-14-13-7-5-6-12(10-13)9-8-11(2)3/h5-11H,4H2,1-3H3. The Kier molecular flexibility index (Phi) is 4.24. The summed E-state index contributed by atoms with van der Waals surface area (Å²) in [5.41, 5.74) is 1.20. The Bertz CT molecular complexity index is 300. The highest BCUT2D eigenvalue weighted by atomic mass is 16.5. The van der Waals surface area contributed by atoms with Crippen LogP contribution in [0.3, 0.4) is 0 Å². The molecule has 0 radical (unpaired) electrons. The van der Waals surface area contributed by atoms with Crippen molar-refractivity contribution in [2.45, 2.75) is 20.8 Å². The smallest absolute Gasteiger partial charge is 0.119 e. The normalized spacial score (nSPS) is 11.1. The summed E-state index contributed by atoms with van der Waals surface area (Å²) in [5, 5.41) is 0. The molecule has 0 amide bonds. The highest BCUT2D eigenvalue weighted by Crippen LogP contribution is 2.14. The van der Waals surface area contributed by atoms with Gasteiger partial charge in [0.25, 0.3) is 0 Å². The van der Waals surface area contributed by atoms with Gasteiger partial charge in [-0.25, -0.2) is 0 Å². The van der Waals surface area contributed by atoms with E-state index in [2.05, 4.69) is 38.1 Å². The zero-order valence-corrected chi connectivity index (χ0v) is 9.16. The molecule has 0 atom stereocenters. The van der Waals surface area contributed by atoms with Gasteiger partial charge in [-0.15, -0.1) is 0 Å². The molecular weight excluding hydrogens is 172 g/mol. The summed E-state index contributed by atoms with van der Waals surface area (Å²) in [7, 11) is 0. The molecule has 0 unspecified atom stereocenters. The van der Waals surface area contributed by atoms with Crippen LogP contribution in [0.25, 0.3) is 6.08 Å². The second-order valence-corrected chi connectivity index (χ2v) is 3.61. The van der Waals surface area contributed by atoms with Crippen molar-refractivity contribution in [3.63, 3.8) is 0 Å². The highest BCUT2D eigenvalue weighted by Gasteiger charge is 1.92. The maximum absolute atomic E-state index is 5.42. The largest absolute Gasteiger partial charge is 0.494 e. The van der Waals surface area contributed by atoms with E-state index in [4.69, 9.17) is 4.74 Å². The zero-order chi connectivity index (χ0) is 10.4. The Labute approximate surface area is 86.4 Å². The third kappa shape index (κ3) is 3.65. The lowest BCUT2D eigenvalue weighted by molar-refractivity contribution is 0.340.